The second-order valence-corrected chi connectivity index (χ2v) is 6.20. The highest BCUT2D eigenvalue weighted by Gasteiger charge is 2.18. The first-order valence-electron chi connectivity index (χ1n) is 8.83. The molecule has 0 radical (unpaired) electrons. The van der Waals surface area contributed by atoms with Crippen molar-refractivity contribution in [3.8, 4) is 11.5 Å². The van der Waals surface area contributed by atoms with Crippen molar-refractivity contribution in [2.45, 2.75) is 12.5 Å². The third-order valence-electron chi connectivity index (χ3n) is 4.25. The minimum Gasteiger partial charge on any atom is -0.465 e. The molecule has 0 bridgehead atoms. The number of esters is 1. The Labute approximate surface area is 166 Å². The van der Waals surface area contributed by atoms with E-state index in [4.69, 9.17) is 9.47 Å². The van der Waals surface area contributed by atoms with Gasteiger partial charge >= 0.3 is 17.8 Å². The summed E-state index contributed by atoms with van der Waals surface area (Å²) in [6.45, 7) is 0.245. The molecule has 2 aromatic rings. The number of aliphatic hydroxyl groups is 1. The second kappa shape index (κ2) is 9.07. The van der Waals surface area contributed by atoms with Gasteiger partial charge in [0, 0.05) is 12.2 Å². The molecule has 1 atom stereocenters. The number of carbonyl (C=O) groups is 3. The van der Waals surface area contributed by atoms with E-state index in [0.29, 0.717) is 28.3 Å². The molecule has 0 aromatic heterocycles. The Hall–Kier alpha value is -3.59. The fourth-order valence-electron chi connectivity index (χ4n) is 2.69. The van der Waals surface area contributed by atoms with Crippen LogP contribution in [0.3, 0.4) is 0 Å². The predicted molar refractivity (Wildman–Crippen MR) is 102 cm³/mol. The number of methoxy groups -OCH3 is 1. The van der Waals surface area contributed by atoms with Crippen molar-refractivity contribution in [3.05, 3.63) is 53.6 Å². The van der Waals surface area contributed by atoms with Gasteiger partial charge in [0.15, 0.2) is 11.5 Å². The monoisotopic (exact) mass is 400 g/mol. The molecule has 0 aliphatic carbocycles. The number of carbonyl (C=O) groups excluding carboxylic acids is 3. The van der Waals surface area contributed by atoms with E-state index in [-0.39, 0.29) is 19.8 Å². The van der Waals surface area contributed by atoms with Crippen LogP contribution < -0.4 is 20.1 Å². The molecule has 1 heterocycles. The fourth-order valence-corrected chi connectivity index (χ4v) is 2.69. The molecule has 9 nitrogen and oxygen atoms in total. The average Bonchev–Trinajstić information content (AvgIpc) is 3.21. The van der Waals surface area contributed by atoms with Gasteiger partial charge in [-0.25, -0.2) is 4.79 Å². The summed E-state index contributed by atoms with van der Waals surface area (Å²) in [4.78, 5) is 35.3. The molecular weight excluding hydrogens is 380 g/mol. The maximum absolute atomic E-state index is 12.0. The van der Waals surface area contributed by atoms with E-state index in [0.717, 1.165) is 0 Å². The lowest BCUT2D eigenvalue weighted by atomic mass is 10.1. The Kier molecular flexibility index (Phi) is 6.30. The third kappa shape index (κ3) is 5.02. The molecule has 2 amide bonds. The zero-order valence-corrected chi connectivity index (χ0v) is 15.6. The Bertz CT molecular complexity index is 912. The summed E-state index contributed by atoms with van der Waals surface area (Å²) in [5.74, 6) is -1.01. The number of anilines is 1. The summed E-state index contributed by atoms with van der Waals surface area (Å²) >= 11 is 0. The molecule has 0 unspecified atom stereocenters. The molecule has 0 saturated carbocycles. The van der Waals surface area contributed by atoms with Crippen LogP contribution in [-0.2, 0) is 14.3 Å². The van der Waals surface area contributed by atoms with Gasteiger partial charge in [-0.15, -0.1) is 0 Å². The van der Waals surface area contributed by atoms with Crippen LogP contribution in [0.1, 0.15) is 28.4 Å². The van der Waals surface area contributed by atoms with Crippen LogP contribution in [0.5, 0.6) is 11.5 Å². The Morgan fingerprint density at radius 3 is 2.52 bits per heavy atom. The van der Waals surface area contributed by atoms with Gasteiger partial charge in [-0.05, 0) is 48.4 Å². The highest BCUT2D eigenvalue weighted by molar-refractivity contribution is 6.39. The van der Waals surface area contributed by atoms with Gasteiger partial charge in [-0.1, -0.05) is 6.07 Å². The van der Waals surface area contributed by atoms with Crippen molar-refractivity contribution in [1.82, 2.24) is 5.32 Å². The third-order valence-corrected chi connectivity index (χ3v) is 4.25. The summed E-state index contributed by atoms with van der Waals surface area (Å²) in [7, 11) is 1.27. The summed E-state index contributed by atoms with van der Waals surface area (Å²) < 4.78 is 15.1. The van der Waals surface area contributed by atoms with Gasteiger partial charge in [0.25, 0.3) is 0 Å². The van der Waals surface area contributed by atoms with E-state index in [1.165, 1.54) is 31.4 Å². The average molecular weight is 400 g/mol. The molecule has 1 aliphatic rings. The van der Waals surface area contributed by atoms with Crippen LogP contribution in [0.4, 0.5) is 5.69 Å². The standard InChI is InChI=1S/C20H20N2O7/c1-27-20(26)12-2-5-14(6-3-12)22-19(25)18(24)21-9-8-15(23)13-4-7-16-17(10-13)29-11-28-16/h2-7,10,15,23H,8-9,11H2,1H3,(H,21,24)(H,22,25)/t15-/m1/s1. The van der Waals surface area contributed by atoms with Crippen molar-refractivity contribution in [3.63, 3.8) is 0 Å². The highest BCUT2D eigenvalue weighted by Crippen LogP contribution is 2.34. The maximum Gasteiger partial charge on any atom is 0.337 e. The number of aliphatic hydroxyl groups excluding tert-OH is 1. The number of hydrogen-bond donors (Lipinski definition) is 3. The normalized spacial score (nSPS) is 12.8. The topological polar surface area (TPSA) is 123 Å². The van der Waals surface area contributed by atoms with E-state index in [2.05, 4.69) is 15.4 Å². The lowest BCUT2D eigenvalue weighted by Gasteiger charge is -2.12. The maximum atomic E-state index is 12.0. The van der Waals surface area contributed by atoms with Gasteiger partial charge in [0.05, 0.1) is 18.8 Å². The summed E-state index contributed by atoms with van der Waals surface area (Å²) in [5, 5.41) is 15.1. The van der Waals surface area contributed by atoms with Gasteiger partial charge < -0.3 is 30.0 Å². The number of fused-ring (bicyclic) bond motifs is 1. The van der Waals surface area contributed by atoms with Crippen molar-refractivity contribution < 1.29 is 33.7 Å². The van der Waals surface area contributed by atoms with Crippen LogP contribution in [0.25, 0.3) is 0 Å². The zero-order valence-electron chi connectivity index (χ0n) is 15.6. The molecular formula is C20H20N2O7. The van der Waals surface area contributed by atoms with E-state index in [1.807, 2.05) is 0 Å². The SMILES string of the molecule is COC(=O)c1ccc(NC(=O)C(=O)NCC[C@@H](O)c2ccc3c(c2)OCO3)cc1. The number of benzene rings is 2. The quantitative estimate of drug-likeness (QED) is 0.494. The first kappa shape index (κ1) is 20.2. The van der Waals surface area contributed by atoms with Gasteiger partial charge in [-0.2, -0.15) is 0 Å². The predicted octanol–water partition coefficient (Wildman–Crippen LogP) is 1.38. The lowest BCUT2D eigenvalue weighted by molar-refractivity contribution is -0.136. The summed E-state index contributed by atoms with van der Waals surface area (Å²) in [6.07, 6.45) is -0.620. The number of ether oxygens (including phenoxy) is 3. The lowest BCUT2D eigenvalue weighted by Crippen LogP contribution is -2.36. The van der Waals surface area contributed by atoms with Gasteiger partial charge in [0.2, 0.25) is 6.79 Å². The zero-order chi connectivity index (χ0) is 20.8. The van der Waals surface area contributed by atoms with Crippen LogP contribution in [0.2, 0.25) is 0 Å². The van der Waals surface area contributed by atoms with E-state index >= 15 is 0 Å². The highest BCUT2D eigenvalue weighted by atomic mass is 16.7. The molecule has 3 rings (SSSR count). The molecule has 9 heteroatoms. The molecule has 2 aromatic carbocycles. The van der Waals surface area contributed by atoms with Crippen LogP contribution in [-0.4, -0.2) is 43.3 Å². The van der Waals surface area contributed by atoms with Crippen LogP contribution >= 0.6 is 0 Å². The Morgan fingerprint density at radius 1 is 1.07 bits per heavy atom. The van der Waals surface area contributed by atoms with Crippen molar-refractivity contribution >= 4 is 23.5 Å². The smallest absolute Gasteiger partial charge is 0.337 e. The van der Waals surface area contributed by atoms with E-state index < -0.39 is 23.9 Å². The minimum absolute atomic E-state index is 0.100. The van der Waals surface area contributed by atoms with Crippen molar-refractivity contribution in [2.24, 2.45) is 0 Å². The van der Waals surface area contributed by atoms with Gasteiger partial charge in [-0.3, -0.25) is 9.59 Å². The Morgan fingerprint density at radius 2 is 1.79 bits per heavy atom. The summed E-state index contributed by atoms with van der Waals surface area (Å²) in [5.41, 5.74) is 1.31. The number of rotatable bonds is 6. The number of amides is 2. The molecule has 0 fully saturated rings. The number of hydrogen-bond acceptors (Lipinski definition) is 7. The van der Waals surface area contributed by atoms with Crippen LogP contribution in [0, 0.1) is 0 Å². The molecule has 3 N–H and O–H groups in total. The van der Waals surface area contributed by atoms with E-state index in [1.54, 1.807) is 18.2 Å². The first-order valence-corrected chi connectivity index (χ1v) is 8.83. The molecule has 0 spiro atoms. The van der Waals surface area contributed by atoms with Gasteiger partial charge in [0.1, 0.15) is 0 Å². The van der Waals surface area contributed by atoms with Crippen molar-refractivity contribution in [2.75, 3.05) is 25.8 Å². The molecule has 29 heavy (non-hydrogen) atoms. The first-order chi connectivity index (χ1) is 14.0. The minimum atomic E-state index is -0.853. The fraction of sp³-hybridized carbons (Fsp3) is 0.250. The molecule has 0 saturated heterocycles. The second-order valence-electron chi connectivity index (χ2n) is 6.20. The van der Waals surface area contributed by atoms with Crippen LogP contribution in [0.15, 0.2) is 42.5 Å². The largest absolute Gasteiger partial charge is 0.465 e. The van der Waals surface area contributed by atoms with Crippen molar-refractivity contribution in [1.29, 1.82) is 0 Å². The Balaban J connectivity index is 1.45. The molecule has 152 valence electrons. The number of nitrogens with one attached hydrogen (secondary N) is 2. The molecule has 1 aliphatic heterocycles. The van der Waals surface area contributed by atoms with E-state index in [9.17, 15) is 19.5 Å². The summed E-state index contributed by atoms with van der Waals surface area (Å²) in [6, 6.07) is 11.0.